The molecule has 0 bridgehead atoms. The summed E-state index contributed by atoms with van der Waals surface area (Å²) >= 11 is 6.04. The molecule has 1 aromatic rings. The molecular formula is C11H16Cl2N4O2. The van der Waals surface area contributed by atoms with Gasteiger partial charge in [0.25, 0.3) is 0 Å². The van der Waals surface area contributed by atoms with E-state index in [-0.39, 0.29) is 18.4 Å². The van der Waals surface area contributed by atoms with Gasteiger partial charge in [-0.1, -0.05) is 11.6 Å². The van der Waals surface area contributed by atoms with Gasteiger partial charge in [0, 0.05) is 11.6 Å². The number of hydrogen-bond donors (Lipinski definition) is 2. The molecule has 0 saturated heterocycles. The molecule has 0 unspecified atom stereocenters. The molecule has 0 radical (unpaired) electrons. The highest BCUT2D eigenvalue weighted by Gasteiger charge is 2.12. The Labute approximate surface area is 122 Å². The highest BCUT2D eigenvalue weighted by atomic mass is 35.5. The van der Waals surface area contributed by atoms with Gasteiger partial charge in [-0.2, -0.15) is 5.10 Å². The van der Waals surface area contributed by atoms with Crippen LogP contribution in [0.5, 0.6) is 11.5 Å². The molecule has 8 heteroatoms. The van der Waals surface area contributed by atoms with Crippen molar-refractivity contribution in [3.05, 3.63) is 22.7 Å². The fourth-order valence-corrected chi connectivity index (χ4v) is 1.57. The Morgan fingerprint density at radius 2 is 1.68 bits per heavy atom. The van der Waals surface area contributed by atoms with Crippen molar-refractivity contribution in [3.63, 3.8) is 0 Å². The zero-order valence-electron chi connectivity index (χ0n) is 10.8. The average molecular weight is 307 g/mol. The lowest BCUT2D eigenvalue weighted by atomic mass is 10.1. The lowest BCUT2D eigenvalue weighted by Gasteiger charge is -2.11. The van der Waals surface area contributed by atoms with Crippen LogP contribution in [0.1, 0.15) is 12.5 Å². The van der Waals surface area contributed by atoms with Gasteiger partial charge in [0.05, 0.1) is 25.0 Å². The van der Waals surface area contributed by atoms with Gasteiger partial charge in [-0.05, 0) is 13.0 Å². The molecular weight excluding hydrogens is 291 g/mol. The van der Waals surface area contributed by atoms with E-state index in [0.29, 0.717) is 27.8 Å². The third-order valence-corrected chi connectivity index (χ3v) is 2.47. The van der Waals surface area contributed by atoms with Crippen LogP contribution in [-0.4, -0.2) is 25.9 Å². The third kappa shape index (κ3) is 4.50. The second-order valence-electron chi connectivity index (χ2n) is 3.40. The van der Waals surface area contributed by atoms with E-state index in [0.717, 1.165) is 0 Å². The van der Waals surface area contributed by atoms with Crippen LogP contribution in [0.3, 0.4) is 0 Å². The van der Waals surface area contributed by atoms with E-state index in [9.17, 15) is 0 Å². The van der Waals surface area contributed by atoms with Crippen LogP contribution >= 0.6 is 24.0 Å². The van der Waals surface area contributed by atoms with Gasteiger partial charge in [0.1, 0.15) is 11.5 Å². The summed E-state index contributed by atoms with van der Waals surface area (Å²) in [7, 11) is 3.07. The maximum Gasteiger partial charge on any atom is 0.211 e. The Bertz CT molecular complexity index is 500. The SMILES string of the molecule is COc1cc(OC)c(C(C)=NN=C(N)N)cc1Cl.Cl. The maximum atomic E-state index is 6.04. The molecule has 1 aromatic carbocycles. The summed E-state index contributed by atoms with van der Waals surface area (Å²) in [6.45, 7) is 1.74. The van der Waals surface area contributed by atoms with Crippen LogP contribution in [0.15, 0.2) is 22.3 Å². The molecule has 0 aromatic heterocycles. The van der Waals surface area contributed by atoms with Gasteiger partial charge in [-0.3, -0.25) is 0 Å². The molecule has 1 rings (SSSR count). The minimum absolute atomic E-state index is 0. The summed E-state index contributed by atoms with van der Waals surface area (Å²) < 4.78 is 10.3. The zero-order chi connectivity index (χ0) is 13.7. The zero-order valence-corrected chi connectivity index (χ0v) is 12.4. The van der Waals surface area contributed by atoms with Crippen molar-refractivity contribution in [1.82, 2.24) is 0 Å². The minimum atomic E-state index is -0.118. The summed E-state index contributed by atoms with van der Waals surface area (Å²) in [5.74, 6) is 0.975. The second kappa shape index (κ2) is 7.70. The first-order valence-corrected chi connectivity index (χ1v) is 5.42. The molecule has 0 spiro atoms. The van der Waals surface area contributed by atoms with Crippen molar-refractivity contribution in [3.8, 4) is 11.5 Å². The van der Waals surface area contributed by atoms with E-state index < -0.39 is 0 Å². The molecule has 106 valence electrons. The number of nitrogens with zero attached hydrogens (tertiary/aromatic N) is 2. The number of methoxy groups -OCH3 is 2. The van der Waals surface area contributed by atoms with Crippen molar-refractivity contribution in [2.75, 3.05) is 14.2 Å². The summed E-state index contributed by atoms with van der Waals surface area (Å²) in [4.78, 5) is 0. The summed E-state index contributed by atoms with van der Waals surface area (Å²) in [5, 5.41) is 7.90. The van der Waals surface area contributed by atoms with Gasteiger partial charge in [-0.25, -0.2) is 0 Å². The molecule has 4 N–H and O–H groups in total. The number of hydrogen-bond acceptors (Lipinski definition) is 4. The Hall–Kier alpha value is -1.66. The first kappa shape index (κ1) is 17.3. The molecule has 0 aliphatic carbocycles. The molecule has 0 heterocycles. The van der Waals surface area contributed by atoms with Crippen LogP contribution in [0, 0.1) is 0 Å². The molecule has 19 heavy (non-hydrogen) atoms. The summed E-state index contributed by atoms with van der Waals surface area (Å²) in [5.41, 5.74) is 11.7. The van der Waals surface area contributed by atoms with Crippen LogP contribution in [-0.2, 0) is 0 Å². The Kier molecular flexibility index (Phi) is 7.03. The second-order valence-corrected chi connectivity index (χ2v) is 3.80. The van der Waals surface area contributed by atoms with Crippen LogP contribution < -0.4 is 20.9 Å². The maximum absolute atomic E-state index is 6.04. The molecule has 0 aliphatic heterocycles. The predicted molar refractivity (Wildman–Crippen MR) is 79.8 cm³/mol. The highest BCUT2D eigenvalue weighted by Crippen LogP contribution is 2.32. The smallest absolute Gasteiger partial charge is 0.211 e. The Morgan fingerprint density at radius 3 is 2.16 bits per heavy atom. The number of benzene rings is 1. The highest BCUT2D eigenvalue weighted by molar-refractivity contribution is 6.32. The predicted octanol–water partition coefficient (Wildman–Crippen LogP) is 1.78. The van der Waals surface area contributed by atoms with Gasteiger partial charge in [-0.15, -0.1) is 17.5 Å². The first-order chi connectivity index (χ1) is 8.49. The van der Waals surface area contributed by atoms with Gasteiger partial charge in [0.2, 0.25) is 5.96 Å². The fraction of sp³-hybridized carbons (Fsp3) is 0.273. The lowest BCUT2D eigenvalue weighted by Crippen LogP contribution is -2.22. The molecule has 6 nitrogen and oxygen atoms in total. The van der Waals surface area contributed by atoms with Gasteiger partial charge >= 0.3 is 0 Å². The van der Waals surface area contributed by atoms with Gasteiger partial charge < -0.3 is 20.9 Å². The quantitative estimate of drug-likeness (QED) is 0.503. The van der Waals surface area contributed by atoms with Crippen molar-refractivity contribution >= 4 is 35.7 Å². The van der Waals surface area contributed by atoms with Crippen molar-refractivity contribution in [2.45, 2.75) is 6.92 Å². The lowest BCUT2D eigenvalue weighted by molar-refractivity contribution is 0.394. The van der Waals surface area contributed by atoms with Crippen LogP contribution in [0.2, 0.25) is 5.02 Å². The largest absolute Gasteiger partial charge is 0.496 e. The number of ether oxygens (including phenoxy) is 2. The van der Waals surface area contributed by atoms with E-state index in [1.807, 2.05) is 0 Å². The summed E-state index contributed by atoms with van der Waals surface area (Å²) in [6, 6.07) is 3.35. The van der Waals surface area contributed by atoms with E-state index in [1.54, 1.807) is 26.2 Å². The normalized spacial score (nSPS) is 10.4. The molecule has 0 atom stereocenters. The molecule has 0 amide bonds. The topological polar surface area (TPSA) is 95.2 Å². The van der Waals surface area contributed by atoms with Crippen molar-refractivity contribution in [1.29, 1.82) is 0 Å². The Balaban J connectivity index is 0.00000324. The van der Waals surface area contributed by atoms with Crippen LogP contribution in [0.25, 0.3) is 0 Å². The van der Waals surface area contributed by atoms with Crippen LogP contribution in [0.4, 0.5) is 0 Å². The number of guanidine groups is 1. The first-order valence-electron chi connectivity index (χ1n) is 5.04. The fourth-order valence-electron chi connectivity index (χ4n) is 1.33. The number of nitrogens with two attached hydrogens (primary N) is 2. The van der Waals surface area contributed by atoms with Crippen molar-refractivity contribution in [2.24, 2.45) is 21.7 Å². The monoisotopic (exact) mass is 306 g/mol. The third-order valence-electron chi connectivity index (χ3n) is 2.18. The minimum Gasteiger partial charge on any atom is -0.496 e. The van der Waals surface area contributed by atoms with E-state index in [2.05, 4.69) is 10.2 Å². The molecule has 0 fully saturated rings. The summed E-state index contributed by atoms with van der Waals surface area (Å²) in [6.07, 6.45) is 0. The van der Waals surface area contributed by atoms with Crippen molar-refractivity contribution < 1.29 is 9.47 Å². The van der Waals surface area contributed by atoms with E-state index in [1.165, 1.54) is 7.11 Å². The van der Waals surface area contributed by atoms with E-state index in [4.69, 9.17) is 32.5 Å². The Morgan fingerprint density at radius 1 is 1.11 bits per heavy atom. The standard InChI is InChI=1S/C11H15ClN4O2.ClH/c1-6(15-16-11(13)14)7-4-8(12)10(18-3)5-9(7)17-2;/h4-5H,1-3H3,(H4,13,14,16);1H. The molecule has 0 saturated carbocycles. The number of halogens is 2. The average Bonchev–Trinajstić information content (AvgIpc) is 2.35. The number of rotatable bonds is 4. The van der Waals surface area contributed by atoms with E-state index >= 15 is 0 Å². The van der Waals surface area contributed by atoms with Gasteiger partial charge in [0.15, 0.2) is 0 Å². The molecule has 0 aliphatic rings.